The third-order valence-corrected chi connectivity index (χ3v) is 17.0. The molecule has 0 radical (unpaired) electrons. The molecule has 0 aliphatic carbocycles. The Balaban J connectivity index is 1.15. The van der Waals surface area contributed by atoms with Crippen LogP contribution < -0.4 is 0 Å². The minimum Gasteiger partial charge on any atom is -0.337 e. The summed E-state index contributed by atoms with van der Waals surface area (Å²) in [6.45, 7) is 18.1. The van der Waals surface area contributed by atoms with Crippen LogP contribution in [0.25, 0.3) is 86.7 Å². The average molecular weight is 962 g/mol. The van der Waals surface area contributed by atoms with Crippen LogP contribution in [0, 0.1) is 13.8 Å². The van der Waals surface area contributed by atoms with Crippen molar-refractivity contribution in [1.82, 2.24) is 14.5 Å². The number of benzene rings is 5. The largest absolute Gasteiger partial charge is 0.337 e. The van der Waals surface area contributed by atoms with Crippen molar-refractivity contribution in [3.8, 4) is 53.8 Å². The van der Waals surface area contributed by atoms with Crippen molar-refractivity contribution in [3.05, 3.63) is 143 Å². The van der Waals surface area contributed by atoms with Crippen molar-refractivity contribution >= 4 is 55.5 Å². The van der Waals surface area contributed by atoms with Crippen LogP contribution >= 0.6 is 22.7 Å². The molecule has 4 heterocycles. The van der Waals surface area contributed by atoms with Crippen LogP contribution in [-0.4, -0.2) is 14.5 Å². The Bertz CT molecular complexity index is 3140. The summed E-state index contributed by atoms with van der Waals surface area (Å²) < 4.78 is 2.78. The minimum absolute atomic E-state index is 0.445. The van der Waals surface area contributed by atoms with E-state index in [1.807, 2.05) is 22.7 Å². The van der Waals surface area contributed by atoms with E-state index in [9.17, 15) is 0 Å². The first-order valence-electron chi connectivity index (χ1n) is 26.9. The zero-order chi connectivity index (χ0) is 48.7. The SMILES string of the molecule is CCCCCCCCC(CCCCCCCC)n1c2cc(C)ccc2c2ccc(-c3ccc(-c4ccc(-c5ccc(C)s5)c5nc(-c6ccc(C(C)C)cc6)c(-c6ccc(C(C)C)cc6)nc45)s3)cc21. The molecule has 362 valence electrons. The fourth-order valence-corrected chi connectivity index (χ4v) is 12.6. The van der Waals surface area contributed by atoms with E-state index < -0.39 is 0 Å². The number of rotatable bonds is 22. The third kappa shape index (κ3) is 10.9. The number of hydrogen-bond acceptors (Lipinski definition) is 4. The zero-order valence-corrected chi connectivity index (χ0v) is 45.0. The molecule has 3 nitrogen and oxygen atoms in total. The first-order valence-corrected chi connectivity index (χ1v) is 28.5. The van der Waals surface area contributed by atoms with E-state index in [1.54, 1.807) is 0 Å². The lowest BCUT2D eigenvalue weighted by atomic mass is 9.96. The lowest BCUT2D eigenvalue weighted by Gasteiger charge is -2.22. The summed E-state index contributed by atoms with van der Waals surface area (Å²) >= 11 is 3.70. The molecular weight excluding hydrogens is 887 g/mol. The Morgan fingerprint density at radius 1 is 0.443 bits per heavy atom. The first-order chi connectivity index (χ1) is 34.1. The standard InChI is InChI=1S/C65H75N3S2/c1-9-11-13-15-17-19-21-52(22-20-18-16-14-12-10-2)68-57-41-45(7)23-34-53(57)54-35-33-51(42-58(54)68)59-39-40-61(70-59)56-37-36-55(60-38-24-46(8)69-60)64-65(56)67-63(50-31-27-48(28-32-50)44(5)6)62(66-64)49-29-25-47(26-30-49)43(3)4/h23-44,52H,9-22H2,1-8H3. The second-order valence-electron chi connectivity index (χ2n) is 20.8. The van der Waals surface area contributed by atoms with Gasteiger partial charge in [0.2, 0.25) is 0 Å². The van der Waals surface area contributed by atoms with Crippen molar-refractivity contribution in [2.75, 3.05) is 0 Å². The van der Waals surface area contributed by atoms with Gasteiger partial charge in [-0.05, 0) is 97.2 Å². The summed E-state index contributed by atoms with van der Waals surface area (Å²) in [4.78, 5) is 16.4. The van der Waals surface area contributed by atoms with Gasteiger partial charge in [0.1, 0.15) is 0 Å². The number of nitrogens with zero attached hydrogens (tertiary/aromatic N) is 3. The molecule has 5 heteroatoms. The maximum Gasteiger partial charge on any atom is 0.0988 e. The van der Waals surface area contributed by atoms with Gasteiger partial charge < -0.3 is 4.57 Å². The number of aryl methyl sites for hydroxylation is 2. The maximum atomic E-state index is 5.74. The fourth-order valence-electron chi connectivity index (χ4n) is 10.6. The quantitative estimate of drug-likeness (QED) is 0.0634. The molecule has 0 saturated carbocycles. The van der Waals surface area contributed by atoms with Crippen molar-refractivity contribution in [2.24, 2.45) is 0 Å². The predicted octanol–water partition coefficient (Wildman–Crippen LogP) is 21.1. The van der Waals surface area contributed by atoms with Crippen LogP contribution in [-0.2, 0) is 0 Å². The van der Waals surface area contributed by atoms with Crippen LogP contribution in [0.3, 0.4) is 0 Å². The molecule has 0 spiro atoms. The maximum absolute atomic E-state index is 5.74. The van der Waals surface area contributed by atoms with E-state index in [1.165, 1.54) is 153 Å². The molecule has 0 N–H and O–H groups in total. The van der Waals surface area contributed by atoms with Crippen molar-refractivity contribution in [3.63, 3.8) is 0 Å². The molecule has 0 saturated heterocycles. The fraction of sp³-hybridized carbons (Fsp3) is 0.385. The molecule has 70 heavy (non-hydrogen) atoms. The lowest BCUT2D eigenvalue weighted by Crippen LogP contribution is -2.09. The van der Waals surface area contributed by atoms with Gasteiger partial charge >= 0.3 is 0 Å². The van der Waals surface area contributed by atoms with Gasteiger partial charge in [-0.3, -0.25) is 0 Å². The van der Waals surface area contributed by atoms with Gasteiger partial charge in [-0.1, -0.05) is 204 Å². The number of thiophene rings is 2. The van der Waals surface area contributed by atoms with E-state index >= 15 is 0 Å². The number of aromatic nitrogens is 3. The highest BCUT2D eigenvalue weighted by Gasteiger charge is 2.23. The van der Waals surface area contributed by atoms with E-state index in [2.05, 4.69) is 181 Å². The van der Waals surface area contributed by atoms with Crippen LogP contribution in [0.5, 0.6) is 0 Å². The van der Waals surface area contributed by atoms with Crippen molar-refractivity contribution in [1.29, 1.82) is 0 Å². The molecule has 0 bridgehead atoms. The Morgan fingerprint density at radius 3 is 1.41 bits per heavy atom. The summed E-state index contributed by atoms with van der Waals surface area (Å²) in [5.74, 6) is 0.894. The smallest absolute Gasteiger partial charge is 0.0988 e. The van der Waals surface area contributed by atoms with Gasteiger partial charge in [-0.15, -0.1) is 22.7 Å². The highest BCUT2D eigenvalue weighted by atomic mass is 32.1. The molecule has 5 aromatic carbocycles. The topological polar surface area (TPSA) is 30.7 Å². The van der Waals surface area contributed by atoms with Gasteiger partial charge in [0.25, 0.3) is 0 Å². The molecule has 0 atom stereocenters. The minimum atomic E-state index is 0.445. The van der Waals surface area contributed by atoms with Crippen molar-refractivity contribution in [2.45, 2.75) is 163 Å². The highest BCUT2D eigenvalue weighted by Crippen LogP contribution is 2.45. The zero-order valence-electron chi connectivity index (χ0n) is 43.3. The molecule has 0 aliphatic heterocycles. The van der Waals surface area contributed by atoms with Gasteiger partial charge in [0.15, 0.2) is 0 Å². The summed E-state index contributed by atoms with van der Waals surface area (Å²) in [7, 11) is 0. The third-order valence-electron chi connectivity index (χ3n) is 14.8. The average Bonchev–Trinajstić information content (AvgIpc) is 4.12. The molecular formula is C65H75N3S2. The Morgan fingerprint density at radius 2 is 0.900 bits per heavy atom. The number of fused-ring (bicyclic) bond motifs is 4. The van der Waals surface area contributed by atoms with Crippen LogP contribution in [0.2, 0.25) is 0 Å². The molecule has 9 aromatic rings. The second kappa shape index (κ2) is 22.8. The van der Waals surface area contributed by atoms with E-state index in [0.29, 0.717) is 17.9 Å². The molecule has 0 unspecified atom stereocenters. The molecule has 0 aliphatic rings. The lowest BCUT2D eigenvalue weighted by molar-refractivity contribution is 0.410. The van der Waals surface area contributed by atoms with E-state index in [4.69, 9.17) is 9.97 Å². The van der Waals surface area contributed by atoms with Crippen LogP contribution in [0.4, 0.5) is 0 Å². The molecule has 9 rings (SSSR count). The van der Waals surface area contributed by atoms with E-state index in [-0.39, 0.29) is 0 Å². The molecule has 0 amide bonds. The summed E-state index contributed by atoms with van der Waals surface area (Å²) in [6.07, 6.45) is 18.5. The first kappa shape index (κ1) is 49.6. The Hall–Kier alpha value is -5.36. The number of unbranched alkanes of at least 4 members (excludes halogenated alkanes) is 10. The van der Waals surface area contributed by atoms with Gasteiger partial charge in [-0.2, -0.15) is 0 Å². The second-order valence-corrected chi connectivity index (χ2v) is 23.2. The highest BCUT2D eigenvalue weighted by molar-refractivity contribution is 7.19. The van der Waals surface area contributed by atoms with E-state index in [0.717, 1.165) is 44.7 Å². The number of hydrogen-bond donors (Lipinski definition) is 0. The van der Waals surface area contributed by atoms with Gasteiger partial charge in [-0.25, -0.2) is 9.97 Å². The molecule has 0 fully saturated rings. The van der Waals surface area contributed by atoms with Crippen LogP contribution in [0.15, 0.2) is 121 Å². The molecule has 4 aromatic heterocycles. The van der Waals surface area contributed by atoms with Gasteiger partial charge in [0.05, 0.1) is 27.9 Å². The Labute approximate surface area is 427 Å². The normalized spacial score (nSPS) is 12.0. The van der Waals surface area contributed by atoms with Crippen molar-refractivity contribution < 1.29 is 0 Å². The summed E-state index contributed by atoms with van der Waals surface area (Å²) in [5, 5.41) is 2.75. The summed E-state index contributed by atoms with van der Waals surface area (Å²) in [5.41, 5.74) is 16.2. The predicted molar refractivity (Wildman–Crippen MR) is 308 cm³/mol. The van der Waals surface area contributed by atoms with Crippen LogP contribution in [0.1, 0.15) is 171 Å². The monoisotopic (exact) mass is 962 g/mol. The summed E-state index contributed by atoms with van der Waals surface area (Å²) in [6, 6.07) is 46.7. The Kier molecular flexibility index (Phi) is 16.2. The van der Waals surface area contributed by atoms with Gasteiger partial charge in [0, 0.05) is 64.1 Å².